The van der Waals surface area contributed by atoms with Crippen LogP contribution in [0.3, 0.4) is 0 Å². The Labute approximate surface area is 218 Å². The zero-order valence-corrected chi connectivity index (χ0v) is 22.1. The second-order valence-electron chi connectivity index (χ2n) is 8.51. The van der Waals surface area contributed by atoms with Crippen LogP contribution in [-0.4, -0.2) is 15.1 Å². The number of rotatable bonds is 5. The van der Waals surface area contributed by atoms with Crippen molar-refractivity contribution in [3.63, 3.8) is 0 Å². The summed E-state index contributed by atoms with van der Waals surface area (Å²) in [5, 5.41) is 4.22. The first-order chi connectivity index (χ1) is 16.4. The van der Waals surface area contributed by atoms with Crippen LogP contribution in [0.2, 0.25) is 0 Å². The summed E-state index contributed by atoms with van der Waals surface area (Å²) in [5.74, 6) is 1.60. The van der Waals surface area contributed by atoms with Crippen LogP contribution < -0.4 is 15.0 Å². The van der Waals surface area contributed by atoms with Crippen molar-refractivity contribution in [3.05, 3.63) is 105 Å². The van der Waals surface area contributed by atoms with Gasteiger partial charge in [-0.3, -0.25) is 4.98 Å². The molecule has 1 saturated heterocycles. The van der Waals surface area contributed by atoms with Gasteiger partial charge in [0.1, 0.15) is 11.5 Å². The van der Waals surface area contributed by atoms with Gasteiger partial charge in [-0.25, -0.2) is 0 Å². The lowest BCUT2D eigenvalue weighted by atomic mass is 9.96. The molecule has 172 valence electrons. The molecule has 1 fully saturated rings. The first-order valence-electron chi connectivity index (χ1n) is 11.1. The number of aromatic amines is 1. The van der Waals surface area contributed by atoms with Crippen molar-refractivity contribution in [2.45, 2.75) is 32.9 Å². The number of hydrogen-bond donors (Lipinski definition) is 2. The molecule has 2 atom stereocenters. The van der Waals surface area contributed by atoms with Gasteiger partial charge in [-0.1, -0.05) is 23.8 Å². The minimum absolute atomic E-state index is 0.0388. The monoisotopic (exact) mass is 580 g/mol. The van der Waals surface area contributed by atoms with Gasteiger partial charge >= 0.3 is 0 Å². The van der Waals surface area contributed by atoms with Crippen molar-refractivity contribution in [2.24, 2.45) is 0 Å². The maximum Gasteiger partial charge on any atom is 0.174 e. The Morgan fingerprint density at radius 2 is 1.59 bits per heavy atom. The maximum absolute atomic E-state index is 6.04. The minimum atomic E-state index is -0.0698. The van der Waals surface area contributed by atoms with E-state index in [2.05, 4.69) is 81.7 Å². The number of aryl methyl sites for hydroxylation is 3. The second-order valence-corrected chi connectivity index (χ2v) is 9.97. The van der Waals surface area contributed by atoms with Crippen molar-refractivity contribution in [1.82, 2.24) is 15.3 Å². The number of nitrogens with zero attached hydrogens (tertiary/aromatic N) is 2. The summed E-state index contributed by atoms with van der Waals surface area (Å²) in [7, 11) is 0. The predicted octanol–water partition coefficient (Wildman–Crippen LogP) is 6.91. The Morgan fingerprint density at radius 1 is 0.912 bits per heavy atom. The molecule has 0 bridgehead atoms. The van der Waals surface area contributed by atoms with E-state index in [0.717, 1.165) is 34.3 Å². The van der Waals surface area contributed by atoms with Crippen LogP contribution in [0.4, 0.5) is 5.69 Å². The highest BCUT2D eigenvalue weighted by Crippen LogP contribution is 2.44. The van der Waals surface area contributed by atoms with Crippen LogP contribution in [0.1, 0.15) is 40.3 Å². The molecule has 0 aliphatic carbocycles. The second kappa shape index (κ2) is 9.38. The van der Waals surface area contributed by atoms with Crippen molar-refractivity contribution in [1.29, 1.82) is 0 Å². The van der Waals surface area contributed by atoms with Gasteiger partial charge in [-0.05, 0) is 104 Å². The molecule has 1 aliphatic rings. The van der Waals surface area contributed by atoms with E-state index in [0.29, 0.717) is 5.11 Å². The third-order valence-electron chi connectivity index (χ3n) is 6.11. The van der Waals surface area contributed by atoms with Crippen molar-refractivity contribution >= 4 is 45.6 Å². The molecule has 1 aliphatic heterocycles. The van der Waals surface area contributed by atoms with Crippen molar-refractivity contribution < 1.29 is 4.74 Å². The van der Waals surface area contributed by atoms with Gasteiger partial charge in [0.15, 0.2) is 5.11 Å². The summed E-state index contributed by atoms with van der Waals surface area (Å²) in [6, 6.07) is 22.1. The predicted molar refractivity (Wildman–Crippen MR) is 149 cm³/mol. The van der Waals surface area contributed by atoms with Gasteiger partial charge < -0.3 is 19.9 Å². The fourth-order valence-corrected chi connectivity index (χ4v) is 5.67. The summed E-state index contributed by atoms with van der Waals surface area (Å²) in [6.07, 6.45) is 1.83. The molecule has 0 amide bonds. The summed E-state index contributed by atoms with van der Waals surface area (Å²) in [6.45, 7) is 6.30. The molecule has 0 spiro atoms. The van der Waals surface area contributed by atoms with E-state index in [9.17, 15) is 0 Å². The fraction of sp³-hybridized carbons (Fsp3) is 0.185. The number of halogens is 1. The lowest BCUT2D eigenvalue weighted by Crippen LogP contribution is -2.29. The average molecular weight is 580 g/mol. The van der Waals surface area contributed by atoms with Crippen LogP contribution in [0.5, 0.6) is 11.5 Å². The number of thiocarbonyl (C=S) groups is 1. The summed E-state index contributed by atoms with van der Waals surface area (Å²) >= 11 is 8.29. The van der Waals surface area contributed by atoms with E-state index in [1.807, 2.05) is 54.7 Å². The van der Waals surface area contributed by atoms with E-state index < -0.39 is 0 Å². The molecule has 5 rings (SSSR count). The minimum Gasteiger partial charge on any atom is -0.457 e. The first-order valence-corrected chi connectivity index (χ1v) is 12.6. The normalized spacial score (nSPS) is 17.6. The van der Waals surface area contributed by atoms with E-state index in [4.69, 9.17) is 17.0 Å². The van der Waals surface area contributed by atoms with Gasteiger partial charge in [0.05, 0.1) is 17.8 Å². The van der Waals surface area contributed by atoms with Gasteiger partial charge in [-0.2, -0.15) is 0 Å². The topological polar surface area (TPSA) is 53.2 Å². The summed E-state index contributed by atoms with van der Waals surface area (Å²) < 4.78 is 7.26. The standard InChI is InChI=1S/C27H25IN4OS/c1-16-7-11-20(12-8-16)33-21-13-9-19(10-14-21)32-26(23-17(2)30-18(3)24(23)28)25(31-27(32)34)22-6-4-5-15-29-22/h4-15,25-26,30H,1-3H3,(H,31,34)/t25-,26-/m0/s1. The van der Waals surface area contributed by atoms with E-state index in [1.165, 1.54) is 14.7 Å². The lowest BCUT2D eigenvalue weighted by molar-refractivity contribution is 0.482. The highest BCUT2D eigenvalue weighted by Gasteiger charge is 2.43. The number of aromatic nitrogens is 2. The highest BCUT2D eigenvalue weighted by atomic mass is 127. The first kappa shape index (κ1) is 22.9. The Hall–Kier alpha value is -2.91. The smallest absolute Gasteiger partial charge is 0.174 e. The van der Waals surface area contributed by atoms with Gasteiger partial charge in [-0.15, -0.1) is 0 Å². The van der Waals surface area contributed by atoms with E-state index >= 15 is 0 Å². The molecule has 2 N–H and O–H groups in total. The van der Waals surface area contributed by atoms with Crippen LogP contribution in [0.15, 0.2) is 72.9 Å². The zero-order valence-electron chi connectivity index (χ0n) is 19.2. The molecule has 3 heterocycles. The SMILES string of the molecule is Cc1ccc(Oc2ccc(N3C(=S)N[C@@H](c4ccccn4)[C@@H]3c3c(C)[nH]c(C)c3I)cc2)cc1. The lowest BCUT2D eigenvalue weighted by Gasteiger charge is -2.28. The molecule has 5 nitrogen and oxygen atoms in total. The average Bonchev–Trinajstić information content (AvgIpc) is 3.30. The van der Waals surface area contributed by atoms with Gasteiger partial charge in [0.2, 0.25) is 0 Å². The zero-order chi connectivity index (χ0) is 23.8. The quantitative estimate of drug-likeness (QED) is 0.199. The van der Waals surface area contributed by atoms with Crippen molar-refractivity contribution in [3.8, 4) is 11.5 Å². The molecule has 34 heavy (non-hydrogen) atoms. The van der Waals surface area contributed by atoms with Crippen molar-refractivity contribution in [2.75, 3.05) is 4.90 Å². The largest absolute Gasteiger partial charge is 0.457 e. The molecule has 4 aromatic rings. The van der Waals surface area contributed by atoms with Crippen LogP contribution in [0, 0.1) is 24.3 Å². The number of anilines is 1. The molecule has 7 heteroatoms. The third-order valence-corrected chi connectivity index (χ3v) is 7.81. The fourth-order valence-electron chi connectivity index (χ4n) is 4.47. The maximum atomic E-state index is 6.04. The molecule has 0 saturated carbocycles. The van der Waals surface area contributed by atoms with E-state index in [1.54, 1.807) is 0 Å². The van der Waals surface area contributed by atoms with Crippen LogP contribution >= 0.6 is 34.8 Å². The number of ether oxygens (including phenoxy) is 1. The molecule has 2 aromatic carbocycles. The Balaban J connectivity index is 1.52. The molecule has 0 unspecified atom stereocenters. The summed E-state index contributed by atoms with van der Waals surface area (Å²) in [4.78, 5) is 10.4. The summed E-state index contributed by atoms with van der Waals surface area (Å²) in [5.41, 5.74) is 6.71. The number of pyridine rings is 1. The van der Waals surface area contributed by atoms with Crippen LogP contribution in [0.25, 0.3) is 0 Å². The molecular weight excluding hydrogens is 555 g/mol. The molecule has 0 radical (unpaired) electrons. The van der Waals surface area contributed by atoms with Gasteiger partial charge in [0, 0.05) is 32.4 Å². The number of nitrogens with one attached hydrogen (secondary N) is 2. The Morgan fingerprint density at radius 3 is 2.18 bits per heavy atom. The Kier molecular flexibility index (Phi) is 6.31. The van der Waals surface area contributed by atoms with E-state index in [-0.39, 0.29) is 12.1 Å². The number of hydrogen-bond acceptors (Lipinski definition) is 3. The number of H-pyrrole nitrogens is 1. The van der Waals surface area contributed by atoms with Crippen LogP contribution in [-0.2, 0) is 0 Å². The third kappa shape index (κ3) is 4.30. The Bertz CT molecular complexity index is 1320. The molecular formula is C27H25IN4OS. The molecule has 2 aromatic heterocycles. The highest BCUT2D eigenvalue weighted by molar-refractivity contribution is 14.1. The van der Waals surface area contributed by atoms with Gasteiger partial charge in [0.25, 0.3) is 0 Å². The number of benzene rings is 2.